The Morgan fingerprint density at radius 3 is 2.54 bits per heavy atom. The molecule has 1 N–H and O–H groups in total. The van der Waals surface area contributed by atoms with Crippen LogP contribution in [0.3, 0.4) is 0 Å². The highest BCUT2D eigenvalue weighted by Crippen LogP contribution is 2.46. The number of benzene rings is 1. The first-order chi connectivity index (χ1) is 11.5. The van der Waals surface area contributed by atoms with E-state index in [1.54, 1.807) is 23.5 Å². The molecule has 0 radical (unpaired) electrons. The van der Waals surface area contributed by atoms with Gasteiger partial charge in [-0.15, -0.1) is 11.3 Å². The van der Waals surface area contributed by atoms with E-state index >= 15 is 0 Å². The fraction of sp³-hybridized carbons (Fsp3) is 0.444. The average Bonchev–Trinajstić information content (AvgIpc) is 3.01. The fourth-order valence-corrected chi connectivity index (χ4v) is 5.68. The average molecular weight is 364 g/mol. The molecule has 0 aliphatic carbocycles. The lowest BCUT2D eigenvalue weighted by Gasteiger charge is -2.40. The normalized spacial score (nSPS) is 20.0. The van der Waals surface area contributed by atoms with Crippen molar-refractivity contribution in [2.75, 3.05) is 26.0 Å². The monoisotopic (exact) mass is 363 g/mol. The molecule has 128 valence electrons. The van der Waals surface area contributed by atoms with Gasteiger partial charge in [0.25, 0.3) is 0 Å². The SMILES string of the molecule is CS(=O)(=O)c1ccc(-c2cc3c(s2)C2(CCNCC2)OCC3)cc1. The van der Waals surface area contributed by atoms with Crippen LogP contribution < -0.4 is 5.32 Å². The lowest BCUT2D eigenvalue weighted by Crippen LogP contribution is -2.43. The van der Waals surface area contributed by atoms with Crippen molar-refractivity contribution in [2.24, 2.45) is 0 Å². The maximum Gasteiger partial charge on any atom is 0.175 e. The third kappa shape index (κ3) is 2.81. The Morgan fingerprint density at radius 2 is 1.88 bits per heavy atom. The third-order valence-corrected chi connectivity index (χ3v) is 7.49. The molecule has 1 aromatic carbocycles. The van der Waals surface area contributed by atoms with Crippen LogP contribution in [0.15, 0.2) is 35.2 Å². The van der Waals surface area contributed by atoms with Crippen LogP contribution in [-0.2, 0) is 26.6 Å². The molecule has 24 heavy (non-hydrogen) atoms. The van der Waals surface area contributed by atoms with Crippen molar-refractivity contribution in [3.05, 3.63) is 40.8 Å². The van der Waals surface area contributed by atoms with Gasteiger partial charge in [0, 0.05) is 16.0 Å². The molecule has 4 rings (SSSR count). The highest BCUT2D eigenvalue weighted by molar-refractivity contribution is 7.90. The van der Waals surface area contributed by atoms with E-state index in [2.05, 4.69) is 11.4 Å². The van der Waals surface area contributed by atoms with Gasteiger partial charge in [0.05, 0.1) is 11.5 Å². The summed E-state index contributed by atoms with van der Waals surface area (Å²) < 4.78 is 29.5. The molecule has 0 bridgehead atoms. The maximum atomic E-state index is 11.6. The molecule has 3 heterocycles. The molecule has 1 saturated heterocycles. The fourth-order valence-electron chi connectivity index (χ4n) is 3.63. The number of nitrogens with one attached hydrogen (secondary N) is 1. The number of fused-ring (bicyclic) bond motifs is 2. The predicted molar refractivity (Wildman–Crippen MR) is 96.3 cm³/mol. The van der Waals surface area contributed by atoms with E-state index in [4.69, 9.17) is 4.74 Å². The van der Waals surface area contributed by atoms with E-state index in [1.807, 2.05) is 12.1 Å². The van der Waals surface area contributed by atoms with Crippen molar-refractivity contribution in [3.8, 4) is 10.4 Å². The summed E-state index contributed by atoms with van der Waals surface area (Å²) in [5, 5.41) is 3.41. The van der Waals surface area contributed by atoms with Crippen molar-refractivity contribution in [1.29, 1.82) is 0 Å². The van der Waals surface area contributed by atoms with E-state index < -0.39 is 9.84 Å². The zero-order valence-corrected chi connectivity index (χ0v) is 15.3. The van der Waals surface area contributed by atoms with Gasteiger partial charge in [-0.25, -0.2) is 8.42 Å². The van der Waals surface area contributed by atoms with Gasteiger partial charge in [-0.2, -0.15) is 0 Å². The summed E-state index contributed by atoms with van der Waals surface area (Å²) in [5.41, 5.74) is 2.36. The van der Waals surface area contributed by atoms with Gasteiger partial charge in [-0.1, -0.05) is 12.1 Å². The molecule has 0 amide bonds. The number of sulfone groups is 1. The lowest BCUT2D eigenvalue weighted by atomic mass is 9.86. The Bertz CT molecular complexity index is 847. The molecule has 6 heteroatoms. The molecule has 4 nitrogen and oxygen atoms in total. The summed E-state index contributed by atoms with van der Waals surface area (Å²) in [6, 6.07) is 9.47. The summed E-state index contributed by atoms with van der Waals surface area (Å²) >= 11 is 1.80. The number of ether oxygens (including phenoxy) is 1. The molecular weight excluding hydrogens is 342 g/mol. The van der Waals surface area contributed by atoms with Crippen LogP contribution in [0.5, 0.6) is 0 Å². The second kappa shape index (κ2) is 5.95. The van der Waals surface area contributed by atoms with Gasteiger partial charge in [0.15, 0.2) is 9.84 Å². The molecule has 2 aromatic rings. The van der Waals surface area contributed by atoms with Crippen molar-refractivity contribution < 1.29 is 13.2 Å². The molecule has 0 atom stereocenters. The van der Waals surface area contributed by atoms with Crippen LogP contribution in [0, 0.1) is 0 Å². The Labute approximate surface area is 146 Å². The Kier molecular flexibility index (Phi) is 4.03. The first-order valence-corrected chi connectivity index (χ1v) is 11.0. The van der Waals surface area contributed by atoms with Crippen LogP contribution in [0.2, 0.25) is 0 Å². The van der Waals surface area contributed by atoms with E-state index in [1.165, 1.54) is 21.6 Å². The van der Waals surface area contributed by atoms with Gasteiger partial charge >= 0.3 is 0 Å². The molecule has 2 aliphatic heterocycles. The Hall–Kier alpha value is -1.21. The smallest absolute Gasteiger partial charge is 0.175 e. The van der Waals surface area contributed by atoms with Gasteiger partial charge in [-0.05, 0) is 61.7 Å². The Morgan fingerprint density at radius 1 is 1.17 bits per heavy atom. The van der Waals surface area contributed by atoms with Crippen LogP contribution in [0.4, 0.5) is 0 Å². The quantitative estimate of drug-likeness (QED) is 0.891. The van der Waals surface area contributed by atoms with Crippen LogP contribution in [0.25, 0.3) is 10.4 Å². The van der Waals surface area contributed by atoms with Gasteiger partial charge < -0.3 is 10.1 Å². The van der Waals surface area contributed by atoms with Crippen LogP contribution in [-0.4, -0.2) is 34.4 Å². The highest BCUT2D eigenvalue weighted by atomic mass is 32.2. The topological polar surface area (TPSA) is 55.4 Å². The van der Waals surface area contributed by atoms with E-state index in [0.29, 0.717) is 4.90 Å². The molecule has 1 fully saturated rings. The minimum atomic E-state index is -3.15. The number of hydrogen-bond donors (Lipinski definition) is 1. The minimum Gasteiger partial charge on any atom is -0.369 e. The molecule has 1 spiro atoms. The van der Waals surface area contributed by atoms with Crippen LogP contribution in [0.1, 0.15) is 23.3 Å². The van der Waals surface area contributed by atoms with Crippen molar-refractivity contribution in [3.63, 3.8) is 0 Å². The van der Waals surface area contributed by atoms with Crippen LogP contribution >= 0.6 is 11.3 Å². The largest absolute Gasteiger partial charge is 0.369 e. The molecule has 0 saturated carbocycles. The highest BCUT2D eigenvalue weighted by Gasteiger charge is 2.40. The molecule has 1 aromatic heterocycles. The van der Waals surface area contributed by atoms with Crippen molar-refractivity contribution in [1.82, 2.24) is 5.32 Å². The molecular formula is C18H21NO3S2. The number of hydrogen-bond acceptors (Lipinski definition) is 5. The standard InChI is InChI=1S/C18H21NO3S2/c1-24(20,21)15-4-2-13(3-5-15)16-12-14-6-11-22-18(17(14)23-16)7-9-19-10-8-18/h2-5,12,19H,6-11H2,1H3. The summed E-state index contributed by atoms with van der Waals surface area (Å²) in [7, 11) is -3.15. The minimum absolute atomic E-state index is 0.117. The predicted octanol–water partition coefficient (Wildman–Crippen LogP) is 2.97. The number of rotatable bonds is 2. The first kappa shape index (κ1) is 16.3. The van der Waals surface area contributed by atoms with E-state index in [0.717, 1.165) is 44.5 Å². The number of piperidine rings is 1. The van der Waals surface area contributed by atoms with Gasteiger partial charge in [-0.3, -0.25) is 0 Å². The number of thiophene rings is 1. The van der Waals surface area contributed by atoms with E-state index in [-0.39, 0.29) is 5.60 Å². The van der Waals surface area contributed by atoms with Crippen molar-refractivity contribution in [2.45, 2.75) is 29.8 Å². The first-order valence-electron chi connectivity index (χ1n) is 8.26. The second-order valence-electron chi connectivity index (χ2n) is 6.60. The van der Waals surface area contributed by atoms with E-state index in [9.17, 15) is 8.42 Å². The Balaban J connectivity index is 1.71. The molecule has 2 aliphatic rings. The lowest BCUT2D eigenvalue weighted by molar-refractivity contribution is -0.0771. The zero-order valence-electron chi connectivity index (χ0n) is 13.7. The summed E-state index contributed by atoms with van der Waals surface area (Å²) in [6.45, 7) is 2.78. The molecule has 0 unspecified atom stereocenters. The summed E-state index contributed by atoms with van der Waals surface area (Å²) in [6.07, 6.45) is 4.24. The zero-order chi connectivity index (χ0) is 16.8. The van der Waals surface area contributed by atoms with Gasteiger partial charge in [0.1, 0.15) is 5.60 Å². The maximum absolute atomic E-state index is 11.6. The third-order valence-electron chi connectivity index (χ3n) is 4.95. The van der Waals surface area contributed by atoms with Crippen molar-refractivity contribution >= 4 is 21.2 Å². The second-order valence-corrected chi connectivity index (χ2v) is 9.67. The summed E-state index contributed by atoms with van der Waals surface area (Å²) in [4.78, 5) is 2.94. The summed E-state index contributed by atoms with van der Waals surface area (Å²) in [5.74, 6) is 0. The van der Waals surface area contributed by atoms with Gasteiger partial charge in [0.2, 0.25) is 0 Å².